The third kappa shape index (κ3) is 6.89. The van der Waals surface area contributed by atoms with Crippen LogP contribution < -0.4 is 11.1 Å². The molecule has 0 fully saturated rings. The molecule has 0 aromatic heterocycles. The predicted octanol–water partition coefficient (Wildman–Crippen LogP) is 1.37. The van der Waals surface area contributed by atoms with Gasteiger partial charge in [-0.15, -0.1) is 0 Å². The van der Waals surface area contributed by atoms with Crippen LogP contribution in [0.1, 0.15) is 47.0 Å². The van der Waals surface area contributed by atoms with Gasteiger partial charge in [0.2, 0.25) is 11.8 Å². The second-order valence-electron chi connectivity index (χ2n) is 6.70. The molecule has 0 spiro atoms. The molecule has 2 amide bonds. The molecule has 0 aliphatic heterocycles. The van der Waals surface area contributed by atoms with Crippen molar-refractivity contribution in [3.63, 3.8) is 0 Å². The van der Waals surface area contributed by atoms with Gasteiger partial charge in [0, 0.05) is 20.5 Å². The molecule has 0 saturated carbocycles. The van der Waals surface area contributed by atoms with Gasteiger partial charge in [0.15, 0.2) is 0 Å². The van der Waals surface area contributed by atoms with E-state index in [0.29, 0.717) is 18.9 Å². The van der Waals surface area contributed by atoms with Crippen LogP contribution in [0.25, 0.3) is 0 Å². The Morgan fingerprint density at radius 3 is 2.15 bits per heavy atom. The summed E-state index contributed by atoms with van der Waals surface area (Å²) in [7, 11) is 3.36. The van der Waals surface area contributed by atoms with Crippen LogP contribution in [0.5, 0.6) is 0 Å². The highest BCUT2D eigenvalue weighted by Crippen LogP contribution is 2.31. The number of likely N-dealkylation sites (N-methyl/N-ethyl adjacent to an activating group) is 1. The molecule has 0 heterocycles. The summed E-state index contributed by atoms with van der Waals surface area (Å²) in [6.45, 7) is 8.86. The van der Waals surface area contributed by atoms with Gasteiger partial charge in [-0.2, -0.15) is 0 Å². The first-order chi connectivity index (χ1) is 9.09. The summed E-state index contributed by atoms with van der Waals surface area (Å²) in [4.78, 5) is 25.1. The SMILES string of the molecule is CC(NC(=O)CCC(CCN)C(C)(C)C)C(=O)N(C)C. The molecule has 20 heavy (non-hydrogen) atoms. The Bertz CT molecular complexity index is 322. The summed E-state index contributed by atoms with van der Waals surface area (Å²) < 4.78 is 0. The lowest BCUT2D eigenvalue weighted by molar-refractivity contribution is -0.134. The van der Waals surface area contributed by atoms with Crippen LogP contribution in [0.2, 0.25) is 0 Å². The Balaban J connectivity index is 4.30. The number of carbonyl (C=O) groups excluding carboxylic acids is 2. The van der Waals surface area contributed by atoms with Crippen molar-refractivity contribution in [2.75, 3.05) is 20.6 Å². The highest BCUT2D eigenvalue weighted by molar-refractivity contribution is 5.86. The minimum absolute atomic E-state index is 0.0704. The van der Waals surface area contributed by atoms with Crippen molar-refractivity contribution >= 4 is 11.8 Å². The summed E-state index contributed by atoms with van der Waals surface area (Å²) in [6, 6.07) is -0.472. The van der Waals surface area contributed by atoms with Crippen molar-refractivity contribution in [2.45, 2.75) is 53.0 Å². The average molecular weight is 285 g/mol. The normalized spacial score (nSPS) is 14.6. The maximum absolute atomic E-state index is 11.9. The molecule has 5 nitrogen and oxygen atoms in total. The Morgan fingerprint density at radius 1 is 1.20 bits per heavy atom. The van der Waals surface area contributed by atoms with Gasteiger partial charge in [-0.05, 0) is 37.6 Å². The molecule has 3 N–H and O–H groups in total. The van der Waals surface area contributed by atoms with E-state index in [-0.39, 0.29) is 17.2 Å². The summed E-state index contributed by atoms with van der Waals surface area (Å²) in [5, 5.41) is 2.75. The van der Waals surface area contributed by atoms with Gasteiger partial charge in [0.05, 0.1) is 0 Å². The summed E-state index contributed by atoms with van der Waals surface area (Å²) in [5.74, 6) is 0.254. The van der Waals surface area contributed by atoms with Crippen molar-refractivity contribution in [2.24, 2.45) is 17.1 Å². The largest absolute Gasteiger partial charge is 0.347 e. The van der Waals surface area contributed by atoms with Gasteiger partial charge in [-0.25, -0.2) is 0 Å². The molecular formula is C15H31N3O2. The van der Waals surface area contributed by atoms with Crippen LogP contribution >= 0.6 is 0 Å². The minimum Gasteiger partial charge on any atom is -0.347 e. The molecular weight excluding hydrogens is 254 g/mol. The maximum Gasteiger partial charge on any atom is 0.244 e. The van der Waals surface area contributed by atoms with E-state index in [1.165, 1.54) is 4.90 Å². The van der Waals surface area contributed by atoms with Gasteiger partial charge >= 0.3 is 0 Å². The summed E-state index contributed by atoms with van der Waals surface area (Å²) in [6.07, 6.45) is 2.16. The highest BCUT2D eigenvalue weighted by Gasteiger charge is 2.25. The topological polar surface area (TPSA) is 75.4 Å². The Labute approximate surface area is 123 Å². The van der Waals surface area contributed by atoms with Crippen LogP contribution in [0, 0.1) is 11.3 Å². The zero-order valence-electron chi connectivity index (χ0n) is 13.8. The van der Waals surface area contributed by atoms with Gasteiger partial charge < -0.3 is 16.0 Å². The number of carbonyl (C=O) groups is 2. The molecule has 0 bridgehead atoms. The number of nitrogens with zero attached hydrogens (tertiary/aromatic N) is 1. The lowest BCUT2D eigenvalue weighted by Crippen LogP contribution is -2.44. The number of nitrogens with two attached hydrogens (primary N) is 1. The molecule has 5 heteroatoms. The third-order valence-corrected chi connectivity index (χ3v) is 3.65. The third-order valence-electron chi connectivity index (χ3n) is 3.65. The fraction of sp³-hybridized carbons (Fsp3) is 0.867. The molecule has 0 aliphatic rings. The highest BCUT2D eigenvalue weighted by atomic mass is 16.2. The second kappa shape index (κ2) is 8.25. The molecule has 2 unspecified atom stereocenters. The van der Waals surface area contributed by atoms with Crippen LogP contribution in [-0.4, -0.2) is 43.4 Å². The van der Waals surface area contributed by atoms with Crippen molar-refractivity contribution < 1.29 is 9.59 Å². The molecule has 0 saturated heterocycles. The predicted molar refractivity (Wildman–Crippen MR) is 82.1 cm³/mol. The molecule has 0 aromatic rings. The minimum atomic E-state index is -0.472. The quantitative estimate of drug-likeness (QED) is 0.742. The van der Waals surface area contributed by atoms with Crippen LogP contribution in [0.15, 0.2) is 0 Å². The first kappa shape index (κ1) is 18.9. The van der Waals surface area contributed by atoms with E-state index >= 15 is 0 Å². The zero-order chi connectivity index (χ0) is 15.9. The van der Waals surface area contributed by atoms with E-state index < -0.39 is 6.04 Å². The lowest BCUT2D eigenvalue weighted by atomic mass is 9.76. The first-order valence-corrected chi connectivity index (χ1v) is 7.30. The number of nitrogens with one attached hydrogen (secondary N) is 1. The van der Waals surface area contributed by atoms with Gasteiger partial charge in [-0.1, -0.05) is 20.8 Å². The van der Waals surface area contributed by atoms with Gasteiger partial charge in [0.1, 0.15) is 6.04 Å². The van der Waals surface area contributed by atoms with E-state index in [9.17, 15) is 9.59 Å². The summed E-state index contributed by atoms with van der Waals surface area (Å²) in [5.41, 5.74) is 5.78. The van der Waals surface area contributed by atoms with E-state index in [1.54, 1.807) is 21.0 Å². The molecule has 0 rings (SSSR count). The smallest absolute Gasteiger partial charge is 0.244 e. The van der Waals surface area contributed by atoms with Crippen molar-refractivity contribution in [3.8, 4) is 0 Å². The van der Waals surface area contributed by atoms with Crippen molar-refractivity contribution in [1.82, 2.24) is 10.2 Å². The number of rotatable bonds is 7. The van der Waals surface area contributed by atoms with Crippen molar-refractivity contribution in [3.05, 3.63) is 0 Å². The second-order valence-corrected chi connectivity index (χ2v) is 6.70. The van der Waals surface area contributed by atoms with Gasteiger partial charge in [-0.3, -0.25) is 9.59 Å². The molecule has 0 aromatic carbocycles. The fourth-order valence-electron chi connectivity index (χ4n) is 2.28. The van der Waals surface area contributed by atoms with Crippen LogP contribution in [0.3, 0.4) is 0 Å². The molecule has 0 aliphatic carbocycles. The first-order valence-electron chi connectivity index (χ1n) is 7.30. The van der Waals surface area contributed by atoms with E-state index in [4.69, 9.17) is 5.73 Å². The monoisotopic (exact) mass is 285 g/mol. The van der Waals surface area contributed by atoms with Crippen LogP contribution in [-0.2, 0) is 9.59 Å². The number of amides is 2. The standard InChI is InChI=1S/C15H31N3O2/c1-11(14(20)18(5)6)17-13(19)8-7-12(9-10-16)15(2,3)4/h11-12H,7-10,16H2,1-6H3,(H,17,19). The van der Waals surface area contributed by atoms with E-state index in [1.807, 2.05) is 0 Å². The maximum atomic E-state index is 11.9. The summed E-state index contributed by atoms with van der Waals surface area (Å²) >= 11 is 0. The Morgan fingerprint density at radius 2 is 1.75 bits per heavy atom. The molecule has 118 valence electrons. The lowest BCUT2D eigenvalue weighted by Gasteiger charge is -2.30. The van der Waals surface area contributed by atoms with E-state index in [0.717, 1.165) is 12.8 Å². The average Bonchev–Trinajstić information content (AvgIpc) is 2.31. The fourth-order valence-corrected chi connectivity index (χ4v) is 2.28. The molecule has 2 atom stereocenters. The van der Waals surface area contributed by atoms with Gasteiger partial charge in [0.25, 0.3) is 0 Å². The molecule has 0 radical (unpaired) electrons. The van der Waals surface area contributed by atoms with E-state index in [2.05, 4.69) is 26.1 Å². The van der Waals surface area contributed by atoms with Crippen molar-refractivity contribution in [1.29, 1.82) is 0 Å². The number of hydrogen-bond acceptors (Lipinski definition) is 3. The zero-order valence-corrected chi connectivity index (χ0v) is 13.8. The Kier molecular flexibility index (Phi) is 7.79. The number of hydrogen-bond donors (Lipinski definition) is 2. The van der Waals surface area contributed by atoms with Crippen LogP contribution in [0.4, 0.5) is 0 Å². The Hall–Kier alpha value is -1.10.